The smallest absolute Gasteiger partial charge is 0.308 e. The van der Waals surface area contributed by atoms with Crippen LogP contribution >= 0.6 is 23.1 Å². The van der Waals surface area contributed by atoms with Crippen LogP contribution in [-0.4, -0.2) is 45.7 Å². The fraction of sp³-hybridized carbons (Fsp3) is 0.643. The predicted octanol–water partition coefficient (Wildman–Crippen LogP) is 2.43. The van der Waals surface area contributed by atoms with Crippen LogP contribution in [0.15, 0.2) is 4.34 Å². The lowest BCUT2D eigenvalue weighted by atomic mass is 9.99. The van der Waals surface area contributed by atoms with Crippen molar-refractivity contribution in [2.45, 2.75) is 37.4 Å². The summed E-state index contributed by atoms with van der Waals surface area (Å²) in [5.41, 5.74) is 0.754. The maximum atomic E-state index is 12.1. The minimum absolute atomic E-state index is 0.00200. The molecule has 1 fully saturated rings. The summed E-state index contributed by atoms with van der Waals surface area (Å²) in [6.45, 7) is 5.73. The number of hydrogen-bond donors (Lipinski definition) is 1. The van der Waals surface area contributed by atoms with E-state index in [9.17, 15) is 9.59 Å². The van der Waals surface area contributed by atoms with Crippen molar-refractivity contribution in [2.75, 3.05) is 18.8 Å². The van der Waals surface area contributed by atoms with Crippen molar-refractivity contribution < 1.29 is 14.7 Å². The molecule has 0 atom stereocenters. The molecule has 0 radical (unpaired) electrons. The first-order chi connectivity index (χ1) is 9.95. The van der Waals surface area contributed by atoms with Crippen molar-refractivity contribution in [1.82, 2.24) is 9.88 Å². The molecule has 0 spiro atoms. The minimum atomic E-state index is -0.850. The first kappa shape index (κ1) is 16.3. The average molecular weight is 328 g/mol. The Kier molecular flexibility index (Phi) is 5.64. The summed E-state index contributed by atoms with van der Waals surface area (Å²) >= 11 is 2.79. The monoisotopic (exact) mass is 328 g/mol. The molecule has 1 N–H and O–H groups in total. The number of hydrogen-bond acceptors (Lipinski definition) is 5. The summed E-state index contributed by atoms with van der Waals surface area (Å²) in [7, 11) is 0. The van der Waals surface area contributed by atoms with Gasteiger partial charge in [0.1, 0.15) is 0 Å². The van der Waals surface area contributed by atoms with Crippen molar-refractivity contribution in [3.05, 3.63) is 10.6 Å². The molecule has 0 aromatic carbocycles. The quantitative estimate of drug-likeness (QED) is 0.841. The number of carbonyl (C=O) groups excluding carboxylic acids is 1. The van der Waals surface area contributed by atoms with Gasteiger partial charge in [0.2, 0.25) is 5.91 Å². The van der Waals surface area contributed by atoms with Gasteiger partial charge in [-0.1, -0.05) is 18.7 Å². The van der Waals surface area contributed by atoms with E-state index in [2.05, 4.69) is 11.9 Å². The molecule has 0 saturated carbocycles. The normalized spacial score (nSPS) is 16.2. The summed E-state index contributed by atoms with van der Waals surface area (Å²) < 4.78 is 0.780. The maximum Gasteiger partial charge on any atom is 0.308 e. The van der Waals surface area contributed by atoms with Crippen LogP contribution in [0, 0.1) is 12.8 Å². The fourth-order valence-electron chi connectivity index (χ4n) is 2.24. The number of carbonyl (C=O) groups is 2. The second kappa shape index (κ2) is 7.26. The number of rotatable bonds is 5. The number of thioether (sulfide) groups is 1. The van der Waals surface area contributed by atoms with Gasteiger partial charge in [-0.15, -0.1) is 11.3 Å². The molecule has 1 aromatic heterocycles. The van der Waals surface area contributed by atoms with Crippen LogP contribution in [0.2, 0.25) is 0 Å². The molecule has 1 aliphatic heterocycles. The average Bonchev–Trinajstić information content (AvgIpc) is 2.77. The van der Waals surface area contributed by atoms with Crippen LogP contribution in [0.25, 0.3) is 0 Å². The Hall–Kier alpha value is -1.08. The lowest BCUT2D eigenvalue weighted by Crippen LogP contribution is -2.38. The van der Waals surface area contributed by atoms with Gasteiger partial charge in [0, 0.05) is 18.0 Å². The summed E-state index contributed by atoms with van der Waals surface area (Å²) in [5.74, 6) is 0.395. The zero-order chi connectivity index (χ0) is 15.4. The van der Waals surface area contributed by atoms with Crippen LogP contribution in [0.4, 0.5) is 0 Å². The van der Waals surface area contributed by atoms with E-state index in [-0.39, 0.29) is 12.3 Å². The first-order valence-corrected chi connectivity index (χ1v) is 8.84. The summed E-state index contributed by atoms with van der Waals surface area (Å²) in [6, 6.07) is 0. The van der Waals surface area contributed by atoms with Crippen molar-refractivity contribution in [3.8, 4) is 0 Å². The number of aromatic nitrogens is 1. The Balaban J connectivity index is 1.85. The first-order valence-electron chi connectivity index (χ1n) is 7.04. The molecule has 116 valence electrons. The van der Waals surface area contributed by atoms with E-state index in [0.717, 1.165) is 40.8 Å². The SMILES string of the molecule is Cc1nc(SCC(=O)N2CCC(C)CC2)sc1CC(=O)O. The number of amides is 1. The van der Waals surface area contributed by atoms with Crippen molar-refractivity contribution in [1.29, 1.82) is 0 Å². The highest BCUT2D eigenvalue weighted by atomic mass is 32.2. The highest BCUT2D eigenvalue weighted by Crippen LogP contribution is 2.28. The highest BCUT2D eigenvalue weighted by Gasteiger charge is 2.21. The summed E-state index contributed by atoms with van der Waals surface area (Å²) in [4.78, 5) is 29.9. The number of aryl methyl sites for hydroxylation is 1. The molecule has 2 rings (SSSR count). The molecule has 1 aliphatic rings. The molecule has 5 nitrogen and oxygen atoms in total. The number of aliphatic carboxylic acids is 1. The van der Waals surface area contributed by atoms with Gasteiger partial charge in [-0.3, -0.25) is 9.59 Å². The molecular formula is C14H20N2O3S2. The zero-order valence-electron chi connectivity index (χ0n) is 12.3. The number of thiazole rings is 1. The highest BCUT2D eigenvalue weighted by molar-refractivity contribution is 8.01. The number of carboxylic acids is 1. The van der Waals surface area contributed by atoms with Gasteiger partial charge in [-0.05, 0) is 25.7 Å². The molecule has 0 aliphatic carbocycles. The van der Waals surface area contributed by atoms with E-state index >= 15 is 0 Å². The van der Waals surface area contributed by atoms with Gasteiger partial charge in [0.05, 0.1) is 17.9 Å². The second-order valence-corrected chi connectivity index (χ2v) is 7.72. The van der Waals surface area contributed by atoms with E-state index in [4.69, 9.17) is 5.11 Å². The standard InChI is InChI=1S/C14H20N2O3S2/c1-9-3-5-16(6-4-9)12(17)8-20-14-15-10(2)11(21-14)7-13(18)19/h9H,3-8H2,1-2H3,(H,18,19). The summed E-state index contributed by atoms with van der Waals surface area (Å²) in [5, 5.41) is 8.82. The van der Waals surface area contributed by atoms with E-state index in [1.165, 1.54) is 23.1 Å². The second-order valence-electron chi connectivity index (χ2n) is 5.41. The Morgan fingerprint density at radius 2 is 2.10 bits per heavy atom. The van der Waals surface area contributed by atoms with Gasteiger partial charge >= 0.3 is 5.97 Å². The third-order valence-electron chi connectivity index (χ3n) is 3.64. The van der Waals surface area contributed by atoms with E-state index < -0.39 is 5.97 Å². The van der Waals surface area contributed by atoms with Crippen LogP contribution in [-0.2, 0) is 16.0 Å². The summed E-state index contributed by atoms with van der Waals surface area (Å²) in [6.07, 6.45) is 2.16. The minimum Gasteiger partial charge on any atom is -0.481 e. The van der Waals surface area contributed by atoms with E-state index in [0.29, 0.717) is 11.7 Å². The topological polar surface area (TPSA) is 70.5 Å². The van der Waals surface area contributed by atoms with Gasteiger partial charge in [-0.2, -0.15) is 0 Å². The Morgan fingerprint density at radius 3 is 2.71 bits per heavy atom. The van der Waals surface area contributed by atoms with Crippen LogP contribution in [0.1, 0.15) is 30.3 Å². The van der Waals surface area contributed by atoms with Crippen molar-refractivity contribution >= 4 is 35.0 Å². The molecule has 21 heavy (non-hydrogen) atoms. The van der Waals surface area contributed by atoms with Crippen LogP contribution < -0.4 is 0 Å². The van der Waals surface area contributed by atoms with E-state index in [1.807, 2.05) is 11.8 Å². The third-order valence-corrected chi connectivity index (χ3v) is 5.93. The van der Waals surface area contributed by atoms with Gasteiger partial charge in [-0.25, -0.2) is 4.98 Å². The van der Waals surface area contributed by atoms with Gasteiger partial charge < -0.3 is 10.0 Å². The molecule has 0 unspecified atom stereocenters. The maximum absolute atomic E-state index is 12.1. The number of nitrogens with zero attached hydrogens (tertiary/aromatic N) is 2. The number of piperidine rings is 1. The predicted molar refractivity (Wildman–Crippen MR) is 83.9 cm³/mol. The lowest BCUT2D eigenvalue weighted by molar-refractivity contribution is -0.136. The molecule has 1 amide bonds. The third kappa shape index (κ3) is 4.71. The largest absolute Gasteiger partial charge is 0.481 e. The molecule has 7 heteroatoms. The molecule has 1 aromatic rings. The molecular weight excluding hydrogens is 308 g/mol. The number of carboxylic acid groups (broad SMARTS) is 1. The van der Waals surface area contributed by atoms with Gasteiger partial charge in [0.25, 0.3) is 0 Å². The number of likely N-dealkylation sites (tertiary alicyclic amines) is 1. The van der Waals surface area contributed by atoms with Crippen molar-refractivity contribution in [2.24, 2.45) is 5.92 Å². The Bertz CT molecular complexity index is 522. The van der Waals surface area contributed by atoms with Crippen LogP contribution in [0.3, 0.4) is 0 Å². The fourth-order valence-corrected chi connectivity index (χ4v) is 4.36. The molecule has 2 heterocycles. The zero-order valence-corrected chi connectivity index (χ0v) is 13.9. The van der Waals surface area contributed by atoms with Crippen molar-refractivity contribution in [3.63, 3.8) is 0 Å². The lowest BCUT2D eigenvalue weighted by Gasteiger charge is -2.30. The molecule has 0 bridgehead atoms. The molecule has 1 saturated heterocycles. The van der Waals surface area contributed by atoms with E-state index in [1.54, 1.807) is 0 Å². The van der Waals surface area contributed by atoms with Crippen LogP contribution in [0.5, 0.6) is 0 Å². The Morgan fingerprint density at radius 1 is 1.43 bits per heavy atom. The van der Waals surface area contributed by atoms with Gasteiger partial charge in [0.15, 0.2) is 4.34 Å². The Labute approximate surface area is 132 Å².